The normalized spacial score (nSPS) is 10.8. The molecule has 0 aliphatic heterocycles. The molecule has 0 bridgehead atoms. The van der Waals surface area contributed by atoms with E-state index in [9.17, 15) is 9.50 Å². The van der Waals surface area contributed by atoms with Gasteiger partial charge in [0.1, 0.15) is 29.0 Å². The molecule has 30 heavy (non-hydrogen) atoms. The second-order valence-corrected chi connectivity index (χ2v) is 6.67. The average Bonchev–Trinajstić information content (AvgIpc) is 2.75. The van der Waals surface area contributed by atoms with Crippen LogP contribution in [-0.2, 0) is 13.0 Å². The van der Waals surface area contributed by atoms with E-state index in [2.05, 4.69) is 30.2 Å². The lowest BCUT2D eigenvalue weighted by atomic mass is 10.1. The Morgan fingerprint density at radius 1 is 0.933 bits per heavy atom. The van der Waals surface area contributed by atoms with Gasteiger partial charge in [0.25, 0.3) is 0 Å². The highest BCUT2D eigenvalue weighted by molar-refractivity contribution is 5.56. The van der Waals surface area contributed by atoms with Crippen LogP contribution in [0.4, 0.5) is 16.0 Å². The summed E-state index contributed by atoms with van der Waals surface area (Å²) in [7, 11) is 0. The molecule has 0 saturated heterocycles. The van der Waals surface area contributed by atoms with Crippen LogP contribution in [0.2, 0.25) is 0 Å². The topological polar surface area (TPSA) is 96.7 Å². The van der Waals surface area contributed by atoms with Gasteiger partial charge in [0.05, 0.1) is 6.61 Å². The highest BCUT2D eigenvalue weighted by atomic mass is 19.1. The minimum absolute atomic E-state index is 0.250. The van der Waals surface area contributed by atoms with Gasteiger partial charge in [-0.25, -0.2) is 29.3 Å². The Kier molecular flexibility index (Phi) is 5.67. The third kappa shape index (κ3) is 4.61. The smallest absolute Gasteiger partial charge is 0.180 e. The number of rotatable bonds is 6. The van der Waals surface area contributed by atoms with Crippen molar-refractivity contribution in [2.24, 2.45) is 0 Å². The largest absolute Gasteiger partial charge is 0.392 e. The van der Waals surface area contributed by atoms with Crippen LogP contribution in [0.3, 0.4) is 0 Å². The maximum Gasteiger partial charge on any atom is 0.180 e. The number of hydrogen-bond donors (Lipinski definition) is 2. The second-order valence-electron chi connectivity index (χ2n) is 6.67. The number of aryl methyl sites for hydroxylation is 1. The van der Waals surface area contributed by atoms with Gasteiger partial charge in [-0.05, 0) is 42.8 Å². The van der Waals surface area contributed by atoms with Crippen molar-refractivity contribution < 1.29 is 9.50 Å². The molecule has 0 atom stereocenters. The fraction of sp³-hybridized carbons (Fsp3) is 0.136. The van der Waals surface area contributed by atoms with E-state index < -0.39 is 5.82 Å². The van der Waals surface area contributed by atoms with Crippen LogP contribution in [0.1, 0.15) is 22.6 Å². The molecule has 2 N–H and O–H groups in total. The predicted octanol–water partition coefficient (Wildman–Crippen LogP) is 3.60. The van der Waals surface area contributed by atoms with E-state index in [4.69, 9.17) is 0 Å². The first-order valence-electron chi connectivity index (χ1n) is 9.35. The number of nitrogens with one attached hydrogen (secondary N) is 1. The van der Waals surface area contributed by atoms with E-state index in [1.165, 1.54) is 6.07 Å². The summed E-state index contributed by atoms with van der Waals surface area (Å²) in [6, 6.07) is 13.8. The molecular weight excluding hydrogens is 383 g/mol. The summed E-state index contributed by atoms with van der Waals surface area (Å²) in [5, 5.41) is 12.4. The fourth-order valence-corrected chi connectivity index (χ4v) is 2.95. The lowest BCUT2D eigenvalue weighted by Gasteiger charge is -2.08. The van der Waals surface area contributed by atoms with Crippen LogP contribution in [0, 0.1) is 12.7 Å². The highest BCUT2D eigenvalue weighted by Gasteiger charge is 2.08. The Hall–Kier alpha value is -3.78. The van der Waals surface area contributed by atoms with Gasteiger partial charge in [-0.1, -0.05) is 18.2 Å². The van der Waals surface area contributed by atoms with Gasteiger partial charge in [0, 0.05) is 30.1 Å². The minimum Gasteiger partial charge on any atom is -0.392 e. The zero-order valence-electron chi connectivity index (χ0n) is 16.2. The first-order chi connectivity index (χ1) is 14.6. The summed E-state index contributed by atoms with van der Waals surface area (Å²) in [4.78, 5) is 22.0. The standard InChI is InChI=1S/C22H19FN6O/c1-14-3-2-4-18(26-14)22-25-10-8-20(29-22)27-19-7-9-24-21(28-19)12-15-5-6-17(23)16(11-15)13-30/h2-11,30H,12-13H2,1H3,(H,24,25,27,28,29). The van der Waals surface area contributed by atoms with Crippen molar-refractivity contribution in [3.05, 3.63) is 89.4 Å². The Bertz CT molecular complexity index is 1180. The number of anilines is 2. The molecule has 0 spiro atoms. The quantitative estimate of drug-likeness (QED) is 0.509. The SMILES string of the molecule is Cc1cccc(-c2nccc(Nc3ccnc(Cc4ccc(F)c(CO)c4)n3)n2)n1. The van der Waals surface area contributed by atoms with Crippen molar-refractivity contribution >= 4 is 11.6 Å². The monoisotopic (exact) mass is 402 g/mol. The van der Waals surface area contributed by atoms with Gasteiger partial charge < -0.3 is 10.4 Å². The van der Waals surface area contributed by atoms with Crippen molar-refractivity contribution in [3.63, 3.8) is 0 Å². The van der Waals surface area contributed by atoms with Gasteiger partial charge in [0.15, 0.2) is 5.82 Å². The molecule has 3 aromatic heterocycles. The summed E-state index contributed by atoms with van der Waals surface area (Å²) in [6.45, 7) is 1.56. The second kappa shape index (κ2) is 8.71. The van der Waals surface area contributed by atoms with Crippen molar-refractivity contribution in [2.45, 2.75) is 20.0 Å². The van der Waals surface area contributed by atoms with Gasteiger partial charge in [-0.15, -0.1) is 0 Å². The Labute approximate surface area is 172 Å². The number of hydrogen-bond acceptors (Lipinski definition) is 7. The first-order valence-corrected chi connectivity index (χ1v) is 9.35. The maximum atomic E-state index is 13.6. The van der Waals surface area contributed by atoms with E-state index >= 15 is 0 Å². The Morgan fingerprint density at radius 2 is 1.73 bits per heavy atom. The first kappa shape index (κ1) is 19.5. The number of aliphatic hydroxyl groups excluding tert-OH is 1. The van der Waals surface area contributed by atoms with Crippen molar-refractivity contribution in [3.8, 4) is 11.5 Å². The van der Waals surface area contributed by atoms with E-state index in [1.54, 1.807) is 36.7 Å². The molecule has 0 amide bonds. The number of aliphatic hydroxyl groups is 1. The molecule has 0 aliphatic carbocycles. The van der Waals surface area contributed by atoms with Crippen LogP contribution >= 0.6 is 0 Å². The summed E-state index contributed by atoms with van der Waals surface area (Å²) in [6.07, 6.45) is 3.71. The minimum atomic E-state index is -0.430. The summed E-state index contributed by atoms with van der Waals surface area (Å²) >= 11 is 0. The van der Waals surface area contributed by atoms with Crippen LogP contribution in [0.25, 0.3) is 11.5 Å². The lowest BCUT2D eigenvalue weighted by molar-refractivity contribution is 0.275. The van der Waals surface area contributed by atoms with Crippen molar-refractivity contribution in [1.82, 2.24) is 24.9 Å². The molecule has 150 valence electrons. The molecule has 0 radical (unpaired) electrons. The molecule has 1 aromatic carbocycles. The van der Waals surface area contributed by atoms with Gasteiger partial charge in [-0.2, -0.15) is 0 Å². The number of pyridine rings is 1. The van der Waals surface area contributed by atoms with Gasteiger partial charge in [-0.3, -0.25) is 0 Å². The van der Waals surface area contributed by atoms with Crippen molar-refractivity contribution in [2.75, 3.05) is 5.32 Å². The summed E-state index contributed by atoms with van der Waals surface area (Å²) in [5.41, 5.74) is 2.64. The number of aromatic nitrogens is 5. The fourth-order valence-electron chi connectivity index (χ4n) is 2.95. The molecule has 4 aromatic rings. The summed E-state index contributed by atoms with van der Waals surface area (Å²) in [5.74, 6) is 1.80. The Balaban J connectivity index is 1.53. The predicted molar refractivity (Wildman–Crippen MR) is 110 cm³/mol. The molecule has 0 fully saturated rings. The molecule has 3 heterocycles. The van der Waals surface area contributed by atoms with E-state index in [0.29, 0.717) is 35.4 Å². The molecule has 0 saturated carbocycles. The molecular formula is C22H19FN6O. The van der Waals surface area contributed by atoms with Gasteiger partial charge in [0.2, 0.25) is 0 Å². The molecule has 0 aliphatic rings. The number of benzene rings is 1. The number of halogens is 1. The zero-order chi connectivity index (χ0) is 20.9. The molecule has 7 nitrogen and oxygen atoms in total. The number of nitrogens with zero attached hydrogens (tertiary/aromatic N) is 5. The Morgan fingerprint density at radius 3 is 2.53 bits per heavy atom. The van der Waals surface area contributed by atoms with E-state index in [0.717, 1.165) is 11.3 Å². The lowest BCUT2D eigenvalue weighted by Crippen LogP contribution is -2.03. The van der Waals surface area contributed by atoms with Crippen molar-refractivity contribution in [1.29, 1.82) is 0 Å². The van der Waals surface area contributed by atoms with E-state index in [1.807, 2.05) is 25.1 Å². The molecule has 4 rings (SSSR count). The summed E-state index contributed by atoms with van der Waals surface area (Å²) < 4.78 is 13.6. The zero-order valence-corrected chi connectivity index (χ0v) is 16.2. The van der Waals surface area contributed by atoms with E-state index in [-0.39, 0.29) is 12.2 Å². The third-order valence-corrected chi connectivity index (χ3v) is 4.38. The molecule has 0 unspecified atom stereocenters. The van der Waals surface area contributed by atoms with Crippen LogP contribution in [0.5, 0.6) is 0 Å². The highest BCUT2D eigenvalue weighted by Crippen LogP contribution is 2.18. The van der Waals surface area contributed by atoms with Gasteiger partial charge >= 0.3 is 0 Å². The third-order valence-electron chi connectivity index (χ3n) is 4.38. The maximum absolute atomic E-state index is 13.6. The average molecular weight is 402 g/mol. The van der Waals surface area contributed by atoms with Crippen LogP contribution < -0.4 is 5.32 Å². The van der Waals surface area contributed by atoms with Crippen LogP contribution in [-0.4, -0.2) is 30.0 Å². The molecule has 8 heteroatoms. The van der Waals surface area contributed by atoms with Crippen LogP contribution in [0.15, 0.2) is 60.9 Å².